The van der Waals surface area contributed by atoms with Crippen molar-refractivity contribution in [3.63, 3.8) is 0 Å². The number of halogens is 1. The predicted octanol–water partition coefficient (Wildman–Crippen LogP) is 3.40. The van der Waals surface area contributed by atoms with Gasteiger partial charge in [-0.15, -0.1) is 0 Å². The average molecular weight is 374 g/mol. The molecule has 6 heteroatoms. The first kappa shape index (κ1) is 18.5. The van der Waals surface area contributed by atoms with Gasteiger partial charge in [0.05, 0.1) is 13.2 Å². The van der Waals surface area contributed by atoms with Gasteiger partial charge < -0.3 is 23.7 Å². The fourth-order valence-corrected chi connectivity index (χ4v) is 3.50. The normalized spacial score (nSPS) is 31.4. The molecular formula is C21H23FO5. The molecule has 2 saturated heterocycles. The Morgan fingerprint density at radius 2 is 1.74 bits per heavy atom. The van der Waals surface area contributed by atoms with Crippen LogP contribution in [0.5, 0.6) is 0 Å². The van der Waals surface area contributed by atoms with Gasteiger partial charge in [0.25, 0.3) is 0 Å². The maximum absolute atomic E-state index is 14.3. The van der Waals surface area contributed by atoms with Crippen LogP contribution in [0.3, 0.4) is 0 Å². The first-order valence-corrected chi connectivity index (χ1v) is 9.06. The number of rotatable bonds is 6. The van der Waals surface area contributed by atoms with Crippen molar-refractivity contribution >= 4 is 0 Å². The first-order valence-electron chi connectivity index (χ1n) is 9.06. The third-order valence-electron chi connectivity index (χ3n) is 4.88. The lowest BCUT2D eigenvalue weighted by Crippen LogP contribution is -2.45. The highest BCUT2D eigenvalue weighted by Gasteiger charge is 2.53. The van der Waals surface area contributed by atoms with E-state index in [0.29, 0.717) is 13.2 Å². The van der Waals surface area contributed by atoms with Gasteiger partial charge in [0.2, 0.25) is 6.36 Å². The molecule has 0 radical (unpaired) electrons. The van der Waals surface area contributed by atoms with Crippen LogP contribution in [0, 0.1) is 0 Å². The highest BCUT2D eigenvalue weighted by atomic mass is 19.1. The second kappa shape index (κ2) is 8.46. The van der Waals surface area contributed by atoms with Gasteiger partial charge in [-0.1, -0.05) is 60.7 Å². The van der Waals surface area contributed by atoms with Gasteiger partial charge in [0.1, 0.15) is 24.4 Å². The quantitative estimate of drug-likeness (QED) is 0.776. The van der Waals surface area contributed by atoms with E-state index in [2.05, 4.69) is 0 Å². The number of hydrogen-bond donors (Lipinski definition) is 0. The Morgan fingerprint density at radius 1 is 1.04 bits per heavy atom. The zero-order chi connectivity index (χ0) is 18.6. The van der Waals surface area contributed by atoms with Crippen LogP contribution in [-0.2, 0) is 30.3 Å². The van der Waals surface area contributed by atoms with E-state index in [1.54, 1.807) is 0 Å². The van der Waals surface area contributed by atoms with Crippen LogP contribution in [0.2, 0.25) is 0 Å². The van der Waals surface area contributed by atoms with E-state index in [-0.39, 0.29) is 0 Å². The molecule has 0 N–H and O–H groups in total. The van der Waals surface area contributed by atoms with E-state index in [0.717, 1.165) is 11.1 Å². The van der Waals surface area contributed by atoms with E-state index < -0.39 is 37.1 Å². The van der Waals surface area contributed by atoms with Gasteiger partial charge in [0.15, 0.2) is 6.29 Å². The fourth-order valence-electron chi connectivity index (χ4n) is 3.50. The van der Waals surface area contributed by atoms with Crippen LogP contribution < -0.4 is 0 Å². The van der Waals surface area contributed by atoms with Crippen molar-refractivity contribution < 1.29 is 28.1 Å². The van der Waals surface area contributed by atoms with Crippen molar-refractivity contribution in [2.45, 2.75) is 43.7 Å². The molecule has 0 aliphatic carbocycles. The Kier molecular flexibility index (Phi) is 5.80. The van der Waals surface area contributed by atoms with Crippen LogP contribution in [0.25, 0.3) is 0 Å². The summed E-state index contributed by atoms with van der Waals surface area (Å²) >= 11 is 0. The fraction of sp³-hybridized carbons (Fsp3) is 0.429. The van der Waals surface area contributed by atoms with Crippen LogP contribution in [0.4, 0.5) is 4.39 Å². The molecule has 0 amide bonds. The largest absolute Gasteiger partial charge is 0.368 e. The zero-order valence-electron chi connectivity index (χ0n) is 15.1. The summed E-state index contributed by atoms with van der Waals surface area (Å²) in [6.45, 7) is 0.646. The van der Waals surface area contributed by atoms with Crippen LogP contribution >= 0.6 is 0 Å². The average Bonchev–Trinajstić information content (AvgIpc) is 3.11. The van der Waals surface area contributed by atoms with Crippen molar-refractivity contribution in [3.05, 3.63) is 71.8 Å². The smallest absolute Gasteiger partial charge is 0.227 e. The molecule has 0 spiro atoms. The minimum Gasteiger partial charge on any atom is -0.368 e. The standard InChI is InChI=1S/C21H23FO5/c1-23-20(22)19-18(24-12-14-8-4-2-5-9-14)17-16(26-19)13-25-21(27-17)15-10-6-3-7-11-15/h2-11,16-21H,12-13H2,1H3/t16-,17+,18+,19+,20?,21+/m1/s1. The lowest BCUT2D eigenvalue weighted by Gasteiger charge is -2.34. The van der Waals surface area contributed by atoms with E-state index in [1.807, 2.05) is 60.7 Å². The Labute approximate surface area is 157 Å². The Balaban J connectivity index is 1.51. The molecule has 27 heavy (non-hydrogen) atoms. The molecule has 2 heterocycles. The minimum absolute atomic E-state index is 0.308. The summed E-state index contributed by atoms with van der Waals surface area (Å²) in [5.41, 5.74) is 1.91. The van der Waals surface area contributed by atoms with E-state index >= 15 is 0 Å². The third-order valence-corrected chi connectivity index (χ3v) is 4.88. The molecule has 5 nitrogen and oxygen atoms in total. The van der Waals surface area contributed by atoms with E-state index in [1.165, 1.54) is 7.11 Å². The Hall–Kier alpha value is -1.83. The van der Waals surface area contributed by atoms with Crippen molar-refractivity contribution in [2.75, 3.05) is 13.7 Å². The SMILES string of the molecule is COC(F)[C@H]1O[C@@H]2CO[C@H](c3ccccc3)O[C@@H]2[C@@H]1OCc1ccccc1. The summed E-state index contributed by atoms with van der Waals surface area (Å²) in [5, 5.41) is 0. The summed E-state index contributed by atoms with van der Waals surface area (Å²) in [5.74, 6) is 0. The van der Waals surface area contributed by atoms with Gasteiger partial charge in [-0.25, -0.2) is 4.39 Å². The van der Waals surface area contributed by atoms with Gasteiger partial charge in [-0.05, 0) is 5.56 Å². The molecule has 0 aromatic heterocycles. The molecule has 1 unspecified atom stereocenters. The maximum Gasteiger partial charge on any atom is 0.227 e. The van der Waals surface area contributed by atoms with Crippen LogP contribution in [0.15, 0.2) is 60.7 Å². The van der Waals surface area contributed by atoms with Crippen LogP contribution in [0.1, 0.15) is 17.4 Å². The zero-order valence-corrected chi connectivity index (χ0v) is 15.1. The number of benzene rings is 2. The summed E-state index contributed by atoms with van der Waals surface area (Å²) in [6.07, 6.45) is -4.43. The summed E-state index contributed by atoms with van der Waals surface area (Å²) < 4.78 is 43.0. The summed E-state index contributed by atoms with van der Waals surface area (Å²) in [7, 11) is 1.31. The second-order valence-corrected chi connectivity index (χ2v) is 6.66. The molecule has 2 aliphatic rings. The number of hydrogen-bond acceptors (Lipinski definition) is 5. The molecule has 2 aromatic rings. The van der Waals surface area contributed by atoms with Gasteiger partial charge >= 0.3 is 0 Å². The van der Waals surface area contributed by atoms with Crippen molar-refractivity contribution in [1.29, 1.82) is 0 Å². The van der Waals surface area contributed by atoms with Crippen molar-refractivity contribution in [3.8, 4) is 0 Å². The Morgan fingerprint density at radius 3 is 2.44 bits per heavy atom. The molecule has 0 saturated carbocycles. The summed E-state index contributed by atoms with van der Waals surface area (Å²) in [6, 6.07) is 19.4. The predicted molar refractivity (Wildman–Crippen MR) is 95.6 cm³/mol. The molecule has 144 valence electrons. The van der Waals surface area contributed by atoms with Crippen molar-refractivity contribution in [2.24, 2.45) is 0 Å². The summed E-state index contributed by atoms with van der Waals surface area (Å²) in [4.78, 5) is 0. The highest BCUT2D eigenvalue weighted by Crippen LogP contribution is 2.38. The second-order valence-electron chi connectivity index (χ2n) is 6.66. The van der Waals surface area contributed by atoms with Crippen LogP contribution in [-0.4, -0.2) is 44.5 Å². The Bertz CT molecular complexity index is 713. The number of ether oxygens (including phenoxy) is 5. The number of fused-ring (bicyclic) bond motifs is 1. The first-order chi connectivity index (χ1) is 13.3. The third kappa shape index (κ3) is 4.05. The molecule has 2 aromatic carbocycles. The lowest BCUT2D eigenvalue weighted by molar-refractivity contribution is -0.255. The number of alkyl halides is 1. The molecular weight excluding hydrogens is 351 g/mol. The van der Waals surface area contributed by atoms with E-state index in [4.69, 9.17) is 23.7 Å². The van der Waals surface area contributed by atoms with Gasteiger partial charge in [-0.3, -0.25) is 0 Å². The number of methoxy groups -OCH3 is 1. The molecule has 0 bridgehead atoms. The highest BCUT2D eigenvalue weighted by molar-refractivity contribution is 5.17. The molecule has 2 aliphatic heterocycles. The van der Waals surface area contributed by atoms with E-state index in [9.17, 15) is 4.39 Å². The monoisotopic (exact) mass is 374 g/mol. The lowest BCUT2D eigenvalue weighted by atomic mass is 10.1. The van der Waals surface area contributed by atoms with Gasteiger partial charge in [0, 0.05) is 12.7 Å². The topological polar surface area (TPSA) is 46.2 Å². The minimum atomic E-state index is -1.60. The van der Waals surface area contributed by atoms with Crippen molar-refractivity contribution in [1.82, 2.24) is 0 Å². The maximum atomic E-state index is 14.3. The van der Waals surface area contributed by atoms with Gasteiger partial charge in [-0.2, -0.15) is 0 Å². The molecule has 2 fully saturated rings. The molecule has 4 rings (SSSR count). The molecule has 6 atom stereocenters.